The highest BCUT2D eigenvalue weighted by atomic mass is 35.5. The van der Waals surface area contributed by atoms with Gasteiger partial charge < -0.3 is 5.43 Å². The van der Waals surface area contributed by atoms with Crippen LogP contribution in [0.25, 0.3) is 10.9 Å². The van der Waals surface area contributed by atoms with Gasteiger partial charge in [0.15, 0.2) is 0 Å². The van der Waals surface area contributed by atoms with Crippen LogP contribution in [0.3, 0.4) is 0 Å². The summed E-state index contributed by atoms with van der Waals surface area (Å²) in [6.07, 6.45) is 5.19. The van der Waals surface area contributed by atoms with Gasteiger partial charge in [0, 0.05) is 22.3 Å². The summed E-state index contributed by atoms with van der Waals surface area (Å²) in [6, 6.07) is 16.7. The van der Waals surface area contributed by atoms with Crippen molar-refractivity contribution in [1.82, 2.24) is 9.66 Å². The number of rotatable bonds is 6. The molecule has 0 fully saturated rings. The molecule has 2 heterocycles. The number of pyridine rings is 1. The Labute approximate surface area is 187 Å². The first kappa shape index (κ1) is 22.1. The lowest BCUT2D eigenvalue weighted by atomic mass is 9.99. The van der Waals surface area contributed by atoms with Crippen molar-refractivity contribution in [2.45, 2.75) is 32.7 Å². The Kier molecular flexibility index (Phi) is 7.01. The van der Waals surface area contributed by atoms with Gasteiger partial charge >= 0.3 is 0 Å². The third-order valence-electron chi connectivity index (χ3n) is 5.45. The van der Waals surface area contributed by atoms with E-state index in [1.54, 1.807) is 0 Å². The first-order chi connectivity index (χ1) is 14.0. The molecule has 4 aromatic rings. The molecule has 0 aliphatic carbocycles. The van der Waals surface area contributed by atoms with Crippen LogP contribution in [0.1, 0.15) is 22.4 Å². The molecule has 0 aliphatic heterocycles. The Morgan fingerprint density at radius 1 is 1.03 bits per heavy atom. The zero-order valence-electron chi connectivity index (χ0n) is 16.9. The standard InChI is InChI=1S/C24H23ClFN3.ClH/c1-16-17(2)29(24-15-27-12-11-22(16)24)28-21(13-18-7-9-20(26)10-8-18)14-19-5-3-4-6-23(19)25;/h3-12,15,21,28H,13-14H2,1-2H3;1H. The maximum absolute atomic E-state index is 13.4. The highest BCUT2D eigenvalue weighted by Gasteiger charge is 2.17. The van der Waals surface area contributed by atoms with Crippen molar-refractivity contribution in [3.8, 4) is 0 Å². The molecule has 1 N–H and O–H groups in total. The smallest absolute Gasteiger partial charge is 0.123 e. The summed E-state index contributed by atoms with van der Waals surface area (Å²) < 4.78 is 15.5. The van der Waals surface area contributed by atoms with Crippen LogP contribution < -0.4 is 5.43 Å². The highest BCUT2D eigenvalue weighted by Crippen LogP contribution is 2.25. The molecule has 6 heteroatoms. The molecule has 0 bridgehead atoms. The van der Waals surface area contributed by atoms with Gasteiger partial charge in [-0.15, -0.1) is 12.4 Å². The van der Waals surface area contributed by atoms with Crippen molar-refractivity contribution in [3.05, 3.63) is 100 Å². The van der Waals surface area contributed by atoms with Crippen LogP contribution >= 0.6 is 24.0 Å². The predicted octanol–water partition coefficient (Wildman–Crippen LogP) is 6.26. The first-order valence-corrected chi connectivity index (χ1v) is 10.1. The minimum atomic E-state index is -0.224. The molecular weight excluding hydrogens is 420 g/mol. The van der Waals surface area contributed by atoms with Crippen LogP contribution in [0.2, 0.25) is 5.02 Å². The lowest BCUT2D eigenvalue weighted by molar-refractivity contribution is 0.617. The van der Waals surface area contributed by atoms with Crippen LogP contribution in [0, 0.1) is 19.7 Å². The molecule has 1 atom stereocenters. The van der Waals surface area contributed by atoms with Crippen molar-refractivity contribution >= 4 is 34.9 Å². The highest BCUT2D eigenvalue weighted by molar-refractivity contribution is 6.31. The Hall–Kier alpha value is -2.56. The summed E-state index contributed by atoms with van der Waals surface area (Å²) in [7, 11) is 0. The van der Waals surface area contributed by atoms with Gasteiger partial charge in [-0.3, -0.25) is 9.66 Å². The second kappa shape index (κ2) is 9.50. The molecule has 2 aromatic heterocycles. The molecule has 0 spiro atoms. The number of benzene rings is 2. The monoisotopic (exact) mass is 443 g/mol. The molecule has 0 aliphatic rings. The SMILES string of the molecule is Cc1c(C)n(NC(Cc2ccc(F)cc2)Cc2ccccc2Cl)c2cnccc12.Cl. The van der Waals surface area contributed by atoms with Gasteiger partial charge in [-0.1, -0.05) is 41.9 Å². The quantitative estimate of drug-likeness (QED) is 0.380. The summed E-state index contributed by atoms with van der Waals surface area (Å²) in [5.41, 5.74) is 9.25. The summed E-state index contributed by atoms with van der Waals surface area (Å²) in [4.78, 5) is 4.30. The van der Waals surface area contributed by atoms with Crippen LogP contribution in [-0.4, -0.2) is 15.7 Å². The molecule has 0 radical (unpaired) electrons. The van der Waals surface area contributed by atoms with E-state index in [0.29, 0.717) is 0 Å². The second-order valence-corrected chi connectivity index (χ2v) is 7.80. The van der Waals surface area contributed by atoms with E-state index in [1.165, 1.54) is 23.1 Å². The zero-order valence-corrected chi connectivity index (χ0v) is 18.5. The van der Waals surface area contributed by atoms with Crippen LogP contribution in [-0.2, 0) is 12.8 Å². The van der Waals surface area contributed by atoms with E-state index < -0.39 is 0 Å². The molecule has 4 rings (SSSR count). The molecule has 30 heavy (non-hydrogen) atoms. The molecule has 0 saturated carbocycles. The third kappa shape index (κ3) is 4.61. The number of nitrogens with one attached hydrogen (secondary N) is 1. The van der Waals surface area contributed by atoms with E-state index in [9.17, 15) is 4.39 Å². The average Bonchev–Trinajstić information content (AvgIpc) is 2.96. The zero-order chi connectivity index (χ0) is 20.4. The van der Waals surface area contributed by atoms with Crippen molar-refractivity contribution in [2.24, 2.45) is 0 Å². The largest absolute Gasteiger partial charge is 0.322 e. The van der Waals surface area contributed by atoms with Crippen LogP contribution in [0.15, 0.2) is 67.0 Å². The predicted molar refractivity (Wildman–Crippen MR) is 125 cm³/mol. The number of fused-ring (bicyclic) bond motifs is 1. The lowest BCUT2D eigenvalue weighted by Crippen LogP contribution is -2.32. The molecule has 1 unspecified atom stereocenters. The normalized spacial score (nSPS) is 11.9. The number of hydrogen-bond donors (Lipinski definition) is 1. The fourth-order valence-electron chi connectivity index (χ4n) is 3.77. The molecule has 0 saturated heterocycles. The Bertz CT molecular complexity index is 1140. The number of nitrogens with zero attached hydrogens (tertiary/aromatic N) is 2. The molecular formula is C24H24Cl2FN3. The maximum Gasteiger partial charge on any atom is 0.123 e. The topological polar surface area (TPSA) is 29.9 Å². The molecule has 156 valence electrons. The maximum atomic E-state index is 13.4. The average molecular weight is 444 g/mol. The fraction of sp³-hybridized carbons (Fsp3) is 0.208. The van der Waals surface area contributed by atoms with E-state index in [-0.39, 0.29) is 24.3 Å². The summed E-state index contributed by atoms with van der Waals surface area (Å²) in [5.74, 6) is -0.224. The van der Waals surface area contributed by atoms with Gasteiger partial charge in [-0.05, 0) is 67.6 Å². The van der Waals surface area contributed by atoms with Crippen LogP contribution in [0.4, 0.5) is 4.39 Å². The van der Waals surface area contributed by atoms with Crippen molar-refractivity contribution in [3.63, 3.8) is 0 Å². The summed E-state index contributed by atoms with van der Waals surface area (Å²) in [6.45, 7) is 4.23. The molecule has 2 aromatic carbocycles. The van der Waals surface area contributed by atoms with Crippen LogP contribution in [0.5, 0.6) is 0 Å². The first-order valence-electron chi connectivity index (χ1n) is 9.69. The van der Waals surface area contributed by atoms with Gasteiger partial charge in [-0.2, -0.15) is 0 Å². The summed E-state index contributed by atoms with van der Waals surface area (Å²) >= 11 is 6.43. The van der Waals surface area contributed by atoms with E-state index in [2.05, 4.69) is 35.0 Å². The van der Waals surface area contributed by atoms with Gasteiger partial charge in [0.05, 0.1) is 17.8 Å². The lowest BCUT2D eigenvalue weighted by Gasteiger charge is -2.23. The summed E-state index contributed by atoms with van der Waals surface area (Å²) in [5, 5.41) is 1.94. The molecule has 0 amide bonds. The van der Waals surface area contributed by atoms with E-state index in [1.807, 2.05) is 48.8 Å². The minimum Gasteiger partial charge on any atom is -0.322 e. The van der Waals surface area contributed by atoms with Gasteiger partial charge in [0.1, 0.15) is 5.82 Å². The fourth-order valence-corrected chi connectivity index (χ4v) is 3.98. The van der Waals surface area contributed by atoms with E-state index >= 15 is 0 Å². The number of halogens is 3. The minimum absolute atomic E-state index is 0. The Morgan fingerprint density at radius 2 is 1.77 bits per heavy atom. The Morgan fingerprint density at radius 3 is 2.50 bits per heavy atom. The van der Waals surface area contributed by atoms with Gasteiger partial charge in [-0.25, -0.2) is 4.39 Å². The number of aryl methyl sites for hydroxylation is 1. The second-order valence-electron chi connectivity index (χ2n) is 7.39. The van der Waals surface area contributed by atoms with Crippen molar-refractivity contribution in [1.29, 1.82) is 0 Å². The number of aromatic nitrogens is 2. The van der Waals surface area contributed by atoms with E-state index in [0.717, 1.165) is 40.2 Å². The van der Waals surface area contributed by atoms with E-state index in [4.69, 9.17) is 11.6 Å². The van der Waals surface area contributed by atoms with Crippen molar-refractivity contribution < 1.29 is 4.39 Å². The van der Waals surface area contributed by atoms with Gasteiger partial charge in [0.2, 0.25) is 0 Å². The number of hydrogen-bond acceptors (Lipinski definition) is 2. The Balaban J connectivity index is 0.00000256. The third-order valence-corrected chi connectivity index (χ3v) is 5.82. The molecule has 3 nitrogen and oxygen atoms in total. The van der Waals surface area contributed by atoms with Gasteiger partial charge in [0.25, 0.3) is 0 Å². The van der Waals surface area contributed by atoms with Crippen molar-refractivity contribution in [2.75, 3.05) is 5.43 Å².